The van der Waals surface area contributed by atoms with Gasteiger partial charge in [-0.25, -0.2) is 0 Å². The molecule has 0 amide bonds. The van der Waals surface area contributed by atoms with E-state index in [9.17, 15) is 5.11 Å². The molecular formula is C30H34O2. The smallest absolute Gasteiger partial charge is 0.115 e. The van der Waals surface area contributed by atoms with Crippen LogP contribution < -0.4 is 0 Å². The van der Waals surface area contributed by atoms with Crippen molar-refractivity contribution >= 4 is 0 Å². The third-order valence-electron chi connectivity index (χ3n) is 5.46. The number of phenols is 2. The Labute approximate surface area is 192 Å². The summed E-state index contributed by atoms with van der Waals surface area (Å²) in [6.07, 6.45) is 0. The van der Waals surface area contributed by atoms with Crippen LogP contribution in [0.3, 0.4) is 0 Å². The summed E-state index contributed by atoms with van der Waals surface area (Å²) in [5, 5.41) is 18.4. The maximum absolute atomic E-state index is 9.60. The van der Waals surface area contributed by atoms with Crippen LogP contribution >= 0.6 is 0 Å². The zero-order valence-electron chi connectivity index (χ0n) is 19.7. The van der Waals surface area contributed by atoms with Gasteiger partial charge in [-0.2, -0.15) is 0 Å². The lowest BCUT2D eigenvalue weighted by molar-refractivity contribution is 0.474. The molecule has 2 heteroatoms. The molecule has 0 heterocycles. The van der Waals surface area contributed by atoms with Gasteiger partial charge in [0.2, 0.25) is 0 Å². The molecule has 32 heavy (non-hydrogen) atoms. The molecule has 1 atom stereocenters. The molecule has 4 rings (SSSR count). The summed E-state index contributed by atoms with van der Waals surface area (Å²) in [5.74, 6) is 0.624. The van der Waals surface area contributed by atoms with Crippen LogP contribution in [0.4, 0.5) is 0 Å². The van der Waals surface area contributed by atoms with Crippen LogP contribution in [0.1, 0.15) is 48.6 Å². The molecule has 0 fully saturated rings. The third kappa shape index (κ3) is 6.24. The molecule has 0 aliphatic heterocycles. The van der Waals surface area contributed by atoms with Crippen LogP contribution in [-0.2, 0) is 5.41 Å². The zero-order valence-corrected chi connectivity index (χ0v) is 19.7. The topological polar surface area (TPSA) is 40.5 Å². The molecule has 0 saturated carbocycles. The largest absolute Gasteiger partial charge is 0.508 e. The first-order chi connectivity index (χ1) is 15.4. The minimum atomic E-state index is -0.247. The summed E-state index contributed by atoms with van der Waals surface area (Å²) in [4.78, 5) is 0. The lowest BCUT2D eigenvalue weighted by Crippen LogP contribution is -2.25. The molecule has 0 saturated heterocycles. The third-order valence-corrected chi connectivity index (χ3v) is 5.46. The van der Waals surface area contributed by atoms with Crippen molar-refractivity contribution in [2.75, 3.05) is 0 Å². The highest BCUT2D eigenvalue weighted by Crippen LogP contribution is 2.39. The SMILES string of the molecule is CC.Cc1ccc(C(C)(c2ccccc2)c2ccc(O)cc2)cc1.Cc1ccc(O)cc1. The fourth-order valence-electron chi connectivity index (χ4n) is 3.50. The van der Waals surface area contributed by atoms with E-state index in [1.54, 1.807) is 24.3 Å². The summed E-state index contributed by atoms with van der Waals surface area (Å²) in [7, 11) is 0. The predicted octanol–water partition coefficient (Wildman–Crippen LogP) is 7.78. The summed E-state index contributed by atoms with van der Waals surface area (Å²) in [6.45, 7) is 10.3. The van der Waals surface area contributed by atoms with Gasteiger partial charge < -0.3 is 10.2 Å². The fraction of sp³-hybridized carbons (Fsp3) is 0.200. The van der Waals surface area contributed by atoms with E-state index < -0.39 is 0 Å². The molecule has 1 unspecified atom stereocenters. The Morgan fingerprint density at radius 2 is 0.781 bits per heavy atom. The quantitative estimate of drug-likeness (QED) is 0.328. The fourth-order valence-corrected chi connectivity index (χ4v) is 3.50. The summed E-state index contributed by atoms with van der Waals surface area (Å²) >= 11 is 0. The van der Waals surface area contributed by atoms with Crippen molar-refractivity contribution in [3.05, 3.63) is 131 Å². The molecule has 0 radical (unpaired) electrons. The Morgan fingerprint density at radius 3 is 1.19 bits per heavy atom. The standard InChI is InChI=1S/C21H20O.C7H8O.C2H6/c1-16-8-10-18(11-9-16)21(2,17-6-4-3-5-7-17)19-12-14-20(22)15-13-19;1-6-2-4-7(8)5-3-6;1-2/h3-15,22H,1-2H3;2-5,8H,1H3;1-2H3. The van der Waals surface area contributed by atoms with Crippen LogP contribution in [0.25, 0.3) is 0 Å². The van der Waals surface area contributed by atoms with Gasteiger partial charge in [0.25, 0.3) is 0 Å². The van der Waals surface area contributed by atoms with E-state index in [-0.39, 0.29) is 5.41 Å². The number of aromatic hydroxyl groups is 2. The van der Waals surface area contributed by atoms with Crippen LogP contribution in [-0.4, -0.2) is 10.2 Å². The van der Waals surface area contributed by atoms with Crippen molar-refractivity contribution in [2.24, 2.45) is 0 Å². The molecule has 2 nitrogen and oxygen atoms in total. The first-order valence-electron chi connectivity index (χ1n) is 11.1. The number of hydrogen-bond acceptors (Lipinski definition) is 2. The number of phenolic OH excluding ortho intramolecular Hbond substituents is 2. The monoisotopic (exact) mass is 426 g/mol. The zero-order chi connectivity index (χ0) is 23.6. The minimum absolute atomic E-state index is 0.247. The number of hydrogen-bond donors (Lipinski definition) is 2. The van der Waals surface area contributed by atoms with Gasteiger partial charge in [0.05, 0.1) is 0 Å². The van der Waals surface area contributed by atoms with E-state index in [1.807, 2.05) is 51.1 Å². The Morgan fingerprint density at radius 1 is 0.469 bits per heavy atom. The maximum Gasteiger partial charge on any atom is 0.115 e. The summed E-state index contributed by atoms with van der Waals surface area (Å²) in [6, 6.07) is 33.8. The second-order valence-corrected chi connectivity index (χ2v) is 7.74. The van der Waals surface area contributed by atoms with Crippen LogP contribution in [0.2, 0.25) is 0 Å². The van der Waals surface area contributed by atoms with E-state index in [0.29, 0.717) is 11.5 Å². The Hall–Kier alpha value is -3.52. The predicted molar refractivity (Wildman–Crippen MR) is 135 cm³/mol. The van der Waals surface area contributed by atoms with E-state index in [4.69, 9.17) is 5.11 Å². The highest BCUT2D eigenvalue weighted by atomic mass is 16.3. The number of rotatable bonds is 3. The highest BCUT2D eigenvalue weighted by molar-refractivity contribution is 5.50. The average molecular weight is 427 g/mol. The first kappa shape index (κ1) is 24.7. The van der Waals surface area contributed by atoms with Gasteiger partial charge in [-0.05, 0) is 61.7 Å². The van der Waals surface area contributed by atoms with Gasteiger partial charge in [-0.1, -0.05) is 104 Å². The van der Waals surface area contributed by atoms with Crippen molar-refractivity contribution in [2.45, 2.75) is 40.0 Å². The molecule has 4 aromatic rings. The van der Waals surface area contributed by atoms with Gasteiger partial charge in [-0.15, -0.1) is 0 Å². The Bertz CT molecular complexity index is 982. The van der Waals surface area contributed by atoms with Crippen LogP contribution in [0, 0.1) is 13.8 Å². The van der Waals surface area contributed by atoms with Gasteiger partial charge in [0.15, 0.2) is 0 Å². The summed E-state index contributed by atoms with van der Waals surface area (Å²) in [5.41, 5.74) is 5.83. The van der Waals surface area contributed by atoms with Crippen molar-refractivity contribution in [1.82, 2.24) is 0 Å². The van der Waals surface area contributed by atoms with Crippen molar-refractivity contribution in [1.29, 1.82) is 0 Å². The second kappa shape index (κ2) is 11.8. The van der Waals surface area contributed by atoms with Crippen molar-refractivity contribution < 1.29 is 10.2 Å². The molecule has 0 aromatic heterocycles. The highest BCUT2D eigenvalue weighted by Gasteiger charge is 2.30. The van der Waals surface area contributed by atoms with Gasteiger partial charge in [-0.3, -0.25) is 0 Å². The molecular weight excluding hydrogens is 392 g/mol. The average Bonchev–Trinajstić information content (AvgIpc) is 2.84. The lowest BCUT2D eigenvalue weighted by Gasteiger charge is -2.32. The molecule has 4 aromatic carbocycles. The van der Waals surface area contributed by atoms with E-state index in [2.05, 4.69) is 62.4 Å². The first-order valence-corrected chi connectivity index (χ1v) is 11.1. The number of aryl methyl sites for hydroxylation is 2. The maximum atomic E-state index is 9.60. The van der Waals surface area contributed by atoms with Crippen molar-refractivity contribution in [3.63, 3.8) is 0 Å². The molecule has 2 N–H and O–H groups in total. The van der Waals surface area contributed by atoms with Crippen LogP contribution in [0.15, 0.2) is 103 Å². The van der Waals surface area contributed by atoms with E-state index in [0.717, 1.165) is 0 Å². The summed E-state index contributed by atoms with van der Waals surface area (Å²) < 4.78 is 0. The van der Waals surface area contributed by atoms with E-state index in [1.165, 1.54) is 27.8 Å². The Kier molecular flexibility index (Phi) is 9.09. The minimum Gasteiger partial charge on any atom is -0.508 e. The number of benzene rings is 4. The molecule has 166 valence electrons. The van der Waals surface area contributed by atoms with Gasteiger partial charge >= 0.3 is 0 Å². The molecule has 0 aliphatic rings. The van der Waals surface area contributed by atoms with Crippen LogP contribution in [0.5, 0.6) is 11.5 Å². The van der Waals surface area contributed by atoms with E-state index >= 15 is 0 Å². The lowest BCUT2D eigenvalue weighted by atomic mass is 9.71. The van der Waals surface area contributed by atoms with Gasteiger partial charge in [0.1, 0.15) is 11.5 Å². The normalized spacial score (nSPS) is 11.8. The second-order valence-electron chi connectivity index (χ2n) is 7.74. The molecule has 0 bridgehead atoms. The Balaban J connectivity index is 0.000000304. The molecule has 0 spiro atoms. The molecule has 0 aliphatic carbocycles. The van der Waals surface area contributed by atoms with Crippen molar-refractivity contribution in [3.8, 4) is 11.5 Å². The van der Waals surface area contributed by atoms with Gasteiger partial charge in [0, 0.05) is 5.41 Å².